The standard InChI is InChI=1S/C6H15N3OS/c1-4(9-6(7)8)5(3-10)11-2/h4-5,10H,3H2,1-2H3,(H4,7,8,9). The number of hydrogen-bond donors (Lipinski definition) is 3. The van der Waals surface area contributed by atoms with Crippen molar-refractivity contribution < 1.29 is 5.11 Å². The van der Waals surface area contributed by atoms with Gasteiger partial charge in [-0.3, -0.25) is 0 Å². The van der Waals surface area contributed by atoms with E-state index >= 15 is 0 Å². The number of nitrogens with two attached hydrogens (primary N) is 2. The van der Waals surface area contributed by atoms with Gasteiger partial charge in [0, 0.05) is 5.25 Å². The molecule has 0 aromatic heterocycles. The maximum Gasteiger partial charge on any atom is 0.186 e. The number of aliphatic hydroxyl groups excluding tert-OH is 1. The van der Waals surface area contributed by atoms with Crippen molar-refractivity contribution in [3.8, 4) is 0 Å². The van der Waals surface area contributed by atoms with Crippen LogP contribution in [0.25, 0.3) is 0 Å². The number of thioether (sulfide) groups is 1. The summed E-state index contributed by atoms with van der Waals surface area (Å²) >= 11 is 1.55. The van der Waals surface area contributed by atoms with Crippen LogP contribution in [0.3, 0.4) is 0 Å². The van der Waals surface area contributed by atoms with Crippen molar-refractivity contribution in [1.29, 1.82) is 0 Å². The highest BCUT2D eigenvalue weighted by atomic mass is 32.2. The predicted octanol–water partition coefficient (Wildman–Crippen LogP) is -0.628. The third-order valence-electron chi connectivity index (χ3n) is 1.37. The number of hydrogen-bond acceptors (Lipinski definition) is 3. The number of nitrogens with zero attached hydrogens (tertiary/aromatic N) is 1. The Morgan fingerprint density at radius 2 is 2.18 bits per heavy atom. The molecule has 5 N–H and O–H groups in total. The zero-order chi connectivity index (χ0) is 8.85. The maximum atomic E-state index is 8.84. The van der Waals surface area contributed by atoms with Crippen molar-refractivity contribution in [1.82, 2.24) is 0 Å². The molecule has 4 nitrogen and oxygen atoms in total. The first-order valence-corrected chi connectivity index (χ1v) is 4.63. The molecule has 0 fully saturated rings. The van der Waals surface area contributed by atoms with Gasteiger partial charge in [-0.05, 0) is 13.2 Å². The van der Waals surface area contributed by atoms with Crippen molar-refractivity contribution >= 4 is 17.7 Å². The molecule has 0 aromatic carbocycles. The Bertz CT molecular complexity index is 132. The second kappa shape index (κ2) is 5.26. The molecule has 0 aromatic rings. The van der Waals surface area contributed by atoms with E-state index in [2.05, 4.69) is 4.99 Å². The summed E-state index contributed by atoms with van der Waals surface area (Å²) in [7, 11) is 0. The van der Waals surface area contributed by atoms with Gasteiger partial charge in [-0.2, -0.15) is 11.8 Å². The third-order valence-corrected chi connectivity index (χ3v) is 2.52. The fraction of sp³-hybridized carbons (Fsp3) is 0.833. The van der Waals surface area contributed by atoms with E-state index in [9.17, 15) is 0 Å². The Kier molecular flexibility index (Phi) is 5.06. The summed E-state index contributed by atoms with van der Waals surface area (Å²) in [6.07, 6.45) is 1.92. The van der Waals surface area contributed by atoms with Gasteiger partial charge in [0.25, 0.3) is 0 Å². The van der Waals surface area contributed by atoms with Crippen LogP contribution >= 0.6 is 11.8 Å². The lowest BCUT2D eigenvalue weighted by atomic mass is 10.2. The van der Waals surface area contributed by atoms with Gasteiger partial charge in [-0.1, -0.05) is 0 Å². The molecule has 2 atom stereocenters. The lowest BCUT2D eigenvalue weighted by molar-refractivity contribution is 0.285. The minimum absolute atomic E-state index is 0.0278. The first-order chi connectivity index (χ1) is 5.11. The van der Waals surface area contributed by atoms with E-state index in [0.29, 0.717) is 0 Å². The summed E-state index contributed by atoms with van der Waals surface area (Å²) < 4.78 is 0. The molecule has 2 unspecified atom stereocenters. The van der Waals surface area contributed by atoms with Gasteiger partial charge < -0.3 is 16.6 Å². The van der Waals surface area contributed by atoms with Crippen LogP contribution in [-0.4, -0.2) is 35.2 Å². The van der Waals surface area contributed by atoms with Crippen LogP contribution in [-0.2, 0) is 0 Å². The van der Waals surface area contributed by atoms with E-state index in [4.69, 9.17) is 16.6 Å². The van der Waals surface area contributed by atoms with Crippen molar-refractivity contribution in [3.05, 3.63) is 0 Å². The second-order valence-electron chi connectivity index (χ2n) is 2.25. The van der Waals surface area contributed by atoms with E-state index in [-0.39, 0.29) is 23.9 Å². The van der Waals surface area contributed by atoms with Crippen molar-refractivity contribution in [2.75, 3.05) is 12.9 Å². The summed E-state index contributed by atoms with van der Waals surface area (Å²) in [4.78, 5) is 3.91. The fourth-order valence-corrected chi connectivity index (χ4v) is 1.35. The largest absolute Gasteiger partial charge is 0.395 e. The van der Waals surface area contributed by atoms with E-state index in [1.807, 2.05) is 13.2 Å². The zero-order valence-electron chi connectivity index (χ0n) is 6.82. The first-order valence-electron chi connectivity index (χ1n) is 3.34. The molecule has 0 heterocycles. The molecule has 0 saturated heterocycles. The molecule has 0 rings (SSSR count). The third kappa shape index (κ3) is 4.10. The average Bonchev–Trinajstić information content (AvgIpc) is 1.88. The number of guanidine groups is 1. The predicted molar refractivity (Wildman–Crippen MR) is 49.7 cm³/mol. The van der Waals surface area contributed by atoms with Gasteiger partial charge in [0.2, 0.25) is 0 Å². The first kappa shape index (κ1) is 10.6. The van der Waals surface area contributed by atoms with Crippen LogP contribution < -0.4 is 11.5 Å². The molecule has 0 aliphatic heterocycles. The lowest BCUT2D eigenvalue weighted by Crippen LogP contribution is -2.29. The van der Waals surface area contributed by atoms with Gasteiger partial charge in [0.1, 0.15) is 0 Å². The molecule has 0 spiro atoms. The summed E-state index contributed by atoms with van der Waals surface area (Å²) in [6.45, 7) is 1.97. The highest BCUT2D eigenvalue weighted by Crippen LogP contribution is 2.12. The highest BCUT2D eigenvalue weighted by molar-refractivity contribution is 7.99. The second-order valence-corrected chi connectivity index (χ2v) is 3.33. The van der Waals surface area contributed by atoms with E-state index in [1.165, 1.54) is 0 Å². The quantitative estimate of drug-likeness (QED) is 0.394. The van der Waals surface area contributed by atoms with Crippen LogP contribution in [0, 0.1) is 0 Å². The minimum Gasteiger partial charge on any atom is -0.395 e. The summed E-state index contributed by atoms with van der Waals surface area (Å²) in [6, 6.07) is -0.0278. The molecule has 0 aliphatic carbocycles. The zero-order valence-corrected chi connectivity index (χ0v) is 7.64. The SMILES string of the molecule is CSC(CO)C(C)N=C(N)N. The van der Waals surface area contributed by atoms with Gasteiger partial charge in [0.05, 0.1) is 12.6 Å². The van der Waals surface area contributed by atoms with Gasteiger partial charge in [0.15, 0.2) is 5.96 Å². The van der Waals surface area contributed by atoms with Crippen molar-refractivity contribution in [2.24, 2.45) is 16.5 Å². The molecule has 66 valence electrons. The Balaban J connectivity index is 3.98. The van der Waals surface area contributed by atoms with Crippen molar-refractivity contribution in [2.45, 2.75) is 18.2 Å². The summed E-state index contributed by atoms with van der Waals surface area (Å²) in [5.41, 5.74) is 10.4. The van der Waals surface area contributed by atoms with Gasteiger partial charge in [-0.25, -0.2) is 4.99 Å². The highest BCUT2D eigenvalue weighted by Gasteiger charge is 2.13. The lowest BCUT2D eigenvalue weighted by Gasteiger charge is -2.15. The van der Waals surface area contributed by atoms with Crippen molar-refractivity contribution in [3.63, 3.8) is 0 Å². The van der Waals surface area contributed by atoms with Crippen LogP contribution in [0.15, 0.2) is 4.99 Å². The van der Waals surface area contributed by atoms with Gasteiger partial charge in [-0.15, -0.1) is 0 Å². The smallest absolute Gasteiger partial charge is 0.186 e. The van der Waals surface area contributed by atoms with Crippen LogP contribution in [0.4, 0.5) is 0 Å². The molecule has 0 bridgehead atoms. The normalized spacial score (nSPS) is 15.5. The summed E-state index contributed by atoms with van der Waals surface area (Å²) in [5.74, 6) is 0.0741. The molecular formula is C6H15N3OS. The van der Waals surface area contributed by atoms with E-state index in [1.54, 1.807) is 11.8 Å². The Labute approximate surface area is 71.1 Å². The maximum absolute atomic E-state index is 8.84. The molecule has 0 aliphatic rings. The Hall–Kier alpha value is -0.420. The van der Waals surface area contributed by atoms with Gasteiger partial charge >= 0.3 is 0 Å². The fourth-order valence-electron chi connectivity index (χ4n) is 0.742. The van der Waals surface area contributed by atoms with E-state index in [0.717, 1.165) is 0 Å². The van der Waals surface area contributed by atoms with E-state index < -0.39 is 0 Å². The summed E-state index contributed by atoms with van der Waals surface area (Å²) in [5, 5.41) is 8.92. The van der Waals surface area contributed by atoms with Crippen LogP contribution in [0.1, 0.15) is 6.92 Å². The van der Waals surface area contributed by atoms with Crippen LogP contribution in [0.2, 0.25) is 0 Å². The molecule has 0 amide bonds. The number of rotatable bonds is 4. The molecule has 5 heteroatoms. The monoisotopic (exact) mass is 177 g/mol. The molecular weight excluding hydrogens is 162 g/mol. The Morgan fingerprint density at radius 3 is 2.45 bits per heavy atom. The number of aliphatic imine (C=N–C) groups is 1. The molecule has 11 heavy (non-hydrogen) atoms. The Morgan fingerprint density at radius 1 is 1.64 bits per heavy atom. The average molecular weight is 177 g/mol. The molecule has 0 radical (unpaired) electrons. The topological polar surface area (TPSA) is 84.6 Å². The number of aliphatic hydroxyl groups is 1. The van der Waals surface area contributed by atoms with Crippen LogP contribution in [0.5, 0.6) is 0 Å². The molecule has 0 saturated carbocycles. The minimum atomic E-state index is -0.0278.